The third-order valence-electron chi connectivity index (χ3n) is 10.4. The third kappa shape index (κ3) is 9.34. The first-order chi connectivity index (χ1) is 29.5. The number of carbonyl (C=O) groups is 1. The molecule has 11 N–H and O–H groups in total. The summed E-state index contributed by atoms with van der Waals surface area (Å²) >= 11 is 0. The van der Waals surface area contributed by atoms with Gasteiger partial charge in [0, 0.05) is 23.8 Å². The van der Waals surface area contributed by atoms with Gasteiger partial charge in [-0.2, -0.15) is 0 Å². The molecule has 3 aliphatic heterocycles. The summed E-state index contributed by atoms with van der Waals surface area (Å²) in [6.07, 6.45) is -21.3. The first-order valence-electron chi connectivity index (χ1n) is 19.1. The summed E-state index contributed by atoms with van der Waals surface area (Å²) in [6, 6.07) is 13.2. The molecule has 0 unspecified atom stereocenters. The van der Waals surface area contributed by atoms with Crippen molar-refractivity contribution in [1.29, 1.82) is 0 Å². The van der Waals surface area contributed by atoms with Gasteiger partial charge in [0.25, 0.3) is 0 Å². The second kappa shape index (κ2) is 18.5. The monoisotopic (exact) mass is 872 g/mol. The number of aliphatic hydroxyl groups is 8. The number of fused-ring (bicyclic) bond motifs is 1. The number of esters is 1. The van der Waals surface area contributed by atoms with Crippen molar-refractivity contribution in [3.63, 3.8) is 0 Å². The smallest absolute Gasteiger partial charge is 0.330 e. The minimum absolute atomic E-state index is 0.0145. The lowest BCUT2D eigenvalue weighted by molar-refractivity contribution is -0.348. The van der Waals surface area contributed by atoms with Crippen molar-refractivity contribution in [2.24, 2.45) is 0 Å². The lowest BCUT2D eigenvalue weighted by atomic mass is 9.98. The predicted octanol–water partition coefficient (Wildman–Crippen LogP) is -1.31. The van der Waals surface area contributed by atoms with Gasteiger partial charge in [-0.1, -0.05) is 12.1 Å². The molecule has 21 heteroatoms. The van der Waals surface area contributed by atoms with Crippen LogP contribution in [0, 0.1) is 0 Å². The molecule has 14 atom stereocenters. The largest absolute Gasteiger partial charge is 0.508 e. The number of benzene rings is 3. The predicted molar refractivity (Wildman–Crippen MR) is 206 cm³/mol. The van der Waals surface area contributed by atoms with Crippen LogP contribution in [0.4, 0.5) is 0 Å². The highest BCUT2D eigenvalue weighted by molar-refractivity contribution is 5.88. The standard InChI is InChI=1S/C41H44O21/c1-16-28(47)32(51)34(53)39(57-16)58-21-12-22(44)27-24(13-21)59-36(18-5-9-20(43)10-6-18)37(31(27)50)61-41-38(29(48)23(45)14-56-41)62-40-35(54)33(52)30(49)25(60-40)15-55-26(46)11-4-17-2-7-19(42)8-3-17/h2-13,16,23,25,28-30,32-35,38-45,47-49,51-54H,14-15H2,1H3/t16-,23-,25-,28-,29+,30+,32-,33+,34-,35-,38+,39+,40+,41-/m0/s1. The van der Waals surface area contributed by atoms with Gasteiger partial charge in [-0.15, -0.1) is 0 Å². The molecule has 3 aromatic carbocycles. The highest BCUT2D eigenvalue weighted by atomic mass is 16.8. The molecule has 7 rings (SSSR count). The first kappa shape index (κ1) is 44.6. The van der Waals surface area contributed by atoms with Gasteiger partial charge in [0.15, 0.2) is 18.2 Å². The number of hydrogen-bond donors (Lipinski definition) is 11. The van der Waals surface area contributed by atoms with E-state index in [2.05, 4.69) is 0 Å². The van der Waals surface area contributed by atoms with E-state index in [0.717, 1.165) is 18.2 Å². The van der Waals surface area contributed by atoms with Gasteiger partial charge in [-0.05, 0) is 55.0 Å². The van der Waals surface area contributed by atoms with Crippen LogP contribution in [0.5, 0.6) is 28.7 Å². The molecule has 62 heavy (non-hydrogen) atoms. The molecular formula is C41H44O21. The Bertz CT molecular complexity index is 2280. The van der Waals surface area contributed by atoms with Crippen molar-refractivity contribution in [1.82, 2.24) is 0 Å². The van der Waals surface area contributed by atoms with E-state index in [9.17, 15) is 65.8 Å². The Kier molecular flexibility index (Phi) is 13.3. The van der Waals surface area contributed by atoms with Crippen LogP contribution in [0.3, 0.4) is 0 Å². The van der Waals surface area contributed by atoms with Gasteiger partial charge >= 0.3 is 5.97 Å². The van der Waals surface area contributed by atoms with Gasteiger partial charge in [0.05, 0.1) is 12.7 Å². The normalized spacial score (nSPS) is 32.7. The lowest BCUT2D eigenvalue weighted by Crippen LogP contribution is -2.63. The highest BCUT2D eigenvalue weighted by Crippen LogP contribution is 2.39. The summed E-state index contributed by atoms with van der Waals surface area (Å²) in [4.78, 5) is 26.8. The summed E-state index contributed by atoms with van der Waals surface area (Å²) in [7, 11) is 0. The average molecular weight is 873 g/mol. The molecule has 4 heterocycles. The van der Waals surface area contributed by atoms with Gasteiger partial charge in [-0.25, -0.2) is 4.79 Å². The molecule has 1 aromatic heterocycles. The van der Waals surface area contributed by atoms with E-state index in [1.54, 1.807) is 0 Å². The van der Waals surface area contributed by atoms with Crippen molar-refractivity contribution in [2.45, 2.75) is 92.9 Å². The van der Waals surface area contributed by atoms with Crippen molar-refractivity contribution >= 4 is 23.0 Å². The number of rotatable bonds is 11. The number of aromatic hydroxyl groups is 3. The average Bonchev–Trinajstić information content (AvgIpc) is 3.24. The third-order valence-corrected chi connectivity index (χ3v) is 10.4. The Hall–Kier alpha value is -5.40. The molecule has 4 aromatic rings. The van der Waals surface area contributed by atoms with E-state index in [1.807, 2.05) is 0 Å². The van der Waals surface area contributed by atoms with Crippen LogP contribution < -0.4 is 14.9 Å². The highest BCUT2D eigenvalue weighted by Gasteiger charge is 2.50. The fourth-order valence-corrected chi connectivity index (χ4v) is 6.89. The molecule has 0 spiro atoms. The zero-order valence-electron chi connectivity index (χ0n) is 32.4. The van der Waals surface area contributed by atoms with Gasteiger partial charge < -0.3 is 93.7 Å². The van der Waals surface area contributed by atoms with Crippen LogP contribution >= 0.6 is 0 Å². The Labute approximate surface area is 349 Å². The Balaban J connectivity index is 1.15. The number of phenols is 3. The Morgan fingerprint density at radius 3 is 2.08 bits per heavy atom. The van der Waals surface area contributed by atoms with E-state index < -0.39 is 128 Å². The van der Waals surface area contributed by atoms with Crippen molar-refractivity contribution in [2.75, 3.05) is 13.2 Å². The van der Waals surface area contributed by atoms with Crippen LogP contribution in [-0.2, 0) is 28.5 Å². The minimum Gasteiger partial charge on any atom is -0.508 e. The van der Waals surface area contributed by atoms with E-state index >= 15 is 0 Å². The Morgan fingerprint density at radius 1 is 0.742 bits per heavy atom. The maximum absolute atomic E-state index is 14.3. The summed E-state index contributed by atoms with van der Waals surface area (Å²) in [5.74, 6) is -2.97. The van der Waals surface area contributed by atoms with Gasteiger partial charge in [0.2, 0.25) is 23.8 Å². The number of aliphatic hydroxyl groups excluding tert-OH is 8. The second-order valence-electron chi connectivity index (χ2n) is 14.8. The number of phenolic OH excluding ortho intramolecular Hbond substituents is 3. The summed E-state index contributed by atoms with van der Waals surface area (Å²) in [5.41, 5.74) is -0.670. The van der Waals surface area contributed by atoms with Gasteiger partial charge in [-0.3, -0.25) is 4.79 Å². The second-order valence-corrected chi connectivity index (χ2v) is 14.8. The molecule has 0 bridgehead atoms. The summed E-state index contributed by atoms with van der Waals surface area (Å²) < 4.78 is 45.6. The molecule has 0 aliphatic carbocycles. The number of ether oxygens (including phenoxy) is 7. The van der Waals surface area contributed by atoms with Crippen LogP contribution in [0.1, 0.15) is 12.5 Å². The SMILES string of the molecule is C[C@@H]1O[C@H](Oc2cc(O)c3c(=O)c(O[C@@H]4OC[C@H](O)[C@@H](O)[C@H]4O[C@H]4O[C@@H](COC(=O)C=Cc5ccc(O)cc5)[C@@H](O)[C@@H](O)[C@@H]4O)c(-c4ccc(O)cc4)oc3c2)[C@@H](O)[C@@H](O)[C@H]1O. The van der Waals surface area contributed by atoms with E-state index in [4.69, 9.17) is 37.6 Å². The number of hydrogen-bond acceptors (Lipinski definition) is 21. The van der Waals surface area contributed by atoms with Crippen LogP contribution in [0.25, 0.3) is 28.4 Å². The zero-order valence-corrected chi connectivity index (χ0v) is 32.4. The van der Waals surface area contributed by atoms with Gasteiger partial charge in [0.1, 0.15) is 95.5 Å². The maximum Gasteiger partial charge on any atom is 0.330 e. The molecule has 334 valence electrons. The number of carbonyl (C=O) groups excluding carboxylic acids is 1. The molecule has 3 aliphatic rings. The molecule has 0 saturated carbocycles. The summed E-state index contributed by atoms with van der Waals surface area (Å²) in [6.45, 7) is 0.176. The topological polar surface area (TPSA) is 334 Å². The van der Waals surface area contributed by atoms with E-state index in [0.29, 0.717) is 5.56 Å². The molecule has 3 saturated heterocycles. The summed E-state index contributed by atoms with van der Waals surface area (Å²) in [5, 5.41) is 115. The molecule has 3 fully saturated rings. The van der Waals surface area contributed by atoms with Crippen LogP contribution in [-0.4, -0.2) is 161 Å². The fourth-order valence-electron chi connectivity index (χ4n) is 6.89. The first-order valence-corrected chi connectivity index (χ1v) is 19.1. The fraction of sp³-hybridized carbons (Fsp3) is 0.415. The lowest BCUT2D eigenvalue weighted by Gasteiger charge is -2.44. The Morgan fingerprint density at radius 2 is 1.39 bits per heavy atom. The minimum atomic E-state index is -2.01. The quantitative estimate of drug-likeness (QED) is 0.0616. The van der Waals surface area contributed by atoms with Crippen LogP contribution in [0.2, 0.25) is 0 Å². The zero-order chi connectivity index (χ0) is 44.6. The van der Waals surface area contributed by atoms with Crippen molar-refractivity contribution in [3.8, 4) is 40.1 Å². The molecule has 0 radical (unpaired) electrons. The molecule has 21 nitrogen and oxygen atoms in total. The van der Waals surface area contributed by atoms with Crippen molar-refractivity contribution in [3.05, 3.63) is 82.5 Å². The molecular weight excluding hydrogens is 828 g/mol. The van der Waals surface area contributed by atoms with Crippen molar-refractivity contribution < 1.29 is 98.5 Å². The molecule has 0 amide bonds. The van der Waals surface area contributed by atoms with Crippen LogP contribution in [0.15, 0.2) is 76.0 Å². The van der Waals surface area contributed by atoms with E-state index in [-0.39, 0.29) is 34.2 Å². The van der Waals surface area contributed by atoms with E-state index in [1.165, 1.54) is 61.5 Å². The maximum atomic E-state index is 14.3.